The topological polar surface area (TPSA) is 17.1 Å². The summed E-state index contributed by atoms with van der Waals surface area (Å²) in [5, 5.41) is 0. The van der Waals surface area contributed by atoms with Crippen LogP contribution in [0.1, 0.15) is 68.9 Å². The van der Waals surface area contributed by atoms with Gasteiger partial charge in [-0.25, -0.2) is 0 Å². The van der Waals surface area contributed by atoms with E-state index < -0.39 is 0 Å². The zero-order chi connectivity index (χ0) is 13.5. The highest BCUT2D eigenvalue weighted by Crippen LogP contribution is 2.35. The number of rotatable bonds is 6. The molecule has 0 atom stereocenters. The van der Waals surface area contributed by atoms with E-state index >= 15 is 0 Å². The number of aldehydes is 1. The van der Waals surface area contributed by atoms with Gasteiger partial charge in [0, 0.05) is 5.92 Å². The lowest BCUT2D eigenvalue weighted by Gasteiger charge is -2.25. The Labute approximate surface area is 117 Å². The van der Waals surface area contributed by atoms with E-state index in [9.17, 15) is 4.79 Å². The molecule has 0 spiro atoms. The largest absolute Gasteiger partial charge is 0.303 e. The molecule has 2 rings (SSSR count). The highest BCUT2D eigenvalue weighted by Gasteiger charge is 2.21. The summed E-state index contributed by atoms with van der Waals surface area (Å²) in [5.74, 6) is 1.01. The predicted molar refractivity (Wildman–Crippen MR) is 80.4 cm³/mol. The molecule has 0 N–H and O–H groups in total. The molecule has 1 fully saturated rings. The van der Waals surface area contributed by atoms with E-state index in [0.29, 0.717) is 11.8 Å². The molecule has 1 aliphatic rings. The molecule has 1 heteroatoms. The molecular formula is C18H26O. The Morgan fingerprint density at radius 1 is 1.05 bits per heavy atom. The van der Waals surface area contributed by atoms with Crippen molar-refractivity contribution in [2.75, 3.05) is 0 Å². The quantitative estimate of drug-likeness (QED) is 0.524. The molecule has 0 saturated heterocycles. The molecule has 0 aliphatic heterocycles. The van der Waals surface area contributed by atoms with Crippen molar-refractivity contribution in [2.24, 2.45) is 5.92 Å². The highest BCUT2D eigenvalue weighted by atomic mass is 16.1. The van der Waals surface area contributed by atoms with E-state index in [2.05, 4.69) is 31.2 Å². The molecular weight excluding hydrogens is 232 g/mol. The third-order valence-electron chi connectivity index (χ3n) is 4.48. The average molecular weight is 258 g/mol. The molecule has 0 radical (unpaired) electrons. The van der Waals surface area contributed by atoms with Crippen LogP contribution < -0.4 is 0 Å². The van der Waals surface area contributed by atoms with Gasteiger partial charge in [0.15, 0.2) is 0 Å². The third kappa shape index (κ3) is 4.19. The number of carbonyl (C=O) groups excluding carboxylic acids is 1. The van der Waals surface area contributed by atoms with E-state index in [-0.39, 0.29) is 0 Å². The van der Waals surface area contributed by atoms with Crippen molar-refractivity contribution < 1.29 is 4.79 Å². The SMILES string of the molecule is CCCCCc1ccc(C2CCC(C=O)CC2)cc1. The van der Waals surface area contributed by atoms with Crippen LogP contribution in [0.15, 0.2) is 24.3 Å². The molecule has 0 heterocycles. The Balaban J connectivity index is 1.86. The van der Waals surface area contributed by atoms with Gasteiger partial charge in [0.2, 0.25) is 0 Å². The average Bonchev–Trinajstić information content (AvgIpc) is 2.48. The second-order valence-electron chi connectivity index (χ2n) is 5.95. The lowest BCUT2D eigenvalue weighted by molar-refractivity contribution is -0.111. The first-order chi connectivity index (χ1) is 9.33. The maximum Gasteiger partial charge on any atom is 0.123 e. The molecule has 1 saturated carbocycles. The van der Waals surface area contributed by atoms with Crippen molar-refractivity contribution in [3.05, 3.63) is 35.4 Å². The van der Waals surface area contributed by atoms with Gasteiger partial charge in [-0.05, 0) is 55.6 Å². The zero-order valence-corrected chi connectivity index (χ0v) is 12.1. The zero-order valence-electron chi connectivity index (χ0n) is 12.1. The number of benzene rings is 1. The smallest absolute Gasteiger partial charge is 0.123 e. The van der Waals surface area contributed by atoms with E-state index in [0.717, 1.165) is 19.1 Å². The molecule has 1 aromatic rings. The molecule has 1 nitrogen and oxygen atoms in total. The minimum Gasteiger partial charge on any atom is -0.303 e. The Kier molecular flexibility index (Phi) is 5.62. The van der Waals surface area contributed by atoms with Gasteiger partial charge in [0.25, 0.3) is 0 Å². The molecule has 0 aromatic heterocycles. The van der Waals surface area contributed by atoms with Crippen LogP contribution in [0.5, 0.6) is 0 Å². The van der Waals surface area contributed by atoms with E-state index in [1.165, 1.54) is 49.7 Å². The van der Waals surface area contributed by atoms with E-state index in [4.69, 9.17) is 0 Å². The molecule has 104 valence electrons. The summed E-state index contributed by atoms with van der Waals surface area (Å²) < 4.78 is 0. The van der Waals surface area contributed by atoms with Gasteiger partial charge in [0.05, 0.1) is 0 Å². The maximum atomic E-state index is 10.8. The van der Waals surface area contributed by atoms with Gasteiger partial charge in [-0.15, -0.1) is 0 Å². The Morgan fingerprint density at radius 3 is 2.32 bits per heavy atom. The standard InChI is InChI=1S/C18H26O/c1-2-3-4-5-15-6-10-17(11-7-15)18-12-8-16(14-19)9-13-18/h6-7,10-11,14,16,18H,2-5,8-9,12-13H2,1H3. The van der Waals surface area contributed by atoms with Crippen molar-refractivity contribution in [3.8, 4) is 0 Å². The predicted octanol–water partition coefficient (Wildman–Crippen LogP) is 4.89. The summed E-state index contributed by atoms with van der Waals surface area (Å²) in [7, 11) is 0. The number of hydrogen-bond donors (Lipinski definition) is 0. The summed E-state index contributed by atoms with van der Waals surface area (Å²) in [6.45, 7) is 2.25. The first-order valence-electron chi connectivity index (χ1n) is 7.87. The van der Waals surface area contributed by atoms with Crippen molar-refractivity contribution in [2.45, 2.75) is 64.2 Å². The normalized spacial score (nSPS) is 23.2. The van der Waals surface area contributed by atoms with Crippen LogP contribution >= 0.6 is 0 Å². The molecule has 19 heavy (non-hydrogen) atoms. The number of carbonyl (C=O) groups is 1. The van der Waals surface area contributed by atoms with E-state index in [1.54, 1.807) is 0 Å². The van der Waals surface area contributed by atoms with Gasteiger partial charge in [-0.3, -0.25) is 0 Å². The van der Waals surface area contributed by atoms with Crippen LogP contribution in [0, 0.1) is 5.92 Å². The van der Waals surface area contributed by atoms with Gasteiger partial charge in [0.1, 0.15) is 6.29 Å². The number of hydrogen-bond acceptors (Lipinski definition) is 1. The van der Waals surface area contributed by atoms with Gasteiger partial charge < -0.3 is 4.79 Å². The van der Waals surface area contributed by atoms with Crippen molar-refractivity contribution in [1.82, 2.24) is 0 Å². The van der Waals surface area contributed by atoms with Crippen LogP contribution in [0.2, 0.25) is 0 Å². The molecule has 0 amide bonds. The number of aryl methyl sites for hydroxylation is 1. The summed E-state index contributed by atoms with van der Waals surface area (Å²) in [4.78, 5) is 10.8. The van der Waals surface area contributed by atoms with Crippen molar-refractivity contribution >= 4 is 6.29 Å². The molecule has 0 bridgehead atoms. The fraction of sp³-hybridized carbons (Fsp3) is 0.611. The maximum absolute atomic E-state index is 10.8. The minimum absolute atomic E-state index is 0.324. The number of unbranched alkanes of at least 4 members (excludes halogenated alkanes) is 2. The molecule has 1 aliphatic carbocycles. The summed E-state index contributed by atoms with van der Waals surface area (Å²) >= 11 is 0. The first kappa shape index (κ1) is 14.3. The van der Waals surface area contributed by atoms with Crippen LogP contribution in [0.3, 0.4) is 0 Å². The highest BCUT2D eigenvalue weighted by molar-refractivity contribution is 5.53. The Bertz CT molecular complexity index is 371. The van der Waals surface area contributed by atoms with Crippen LogP contribution in [0.4, 0.5) is 0 Å². The molecule has 0 unspecified atom stereocenters. The third-order valence-corrected chi connectivity index (χ3v) is 4.48. The van der Waals surface area contributed by atoms with Crippen LogP contribution in [-0.4, -0.2) is 6.29 Å². The Morgan fingerprint density at radius 2 is 1.74 bits per heavy atom. The van der Waals surface area contributed by atoms with Crippen LogP contribution in [0.25, 0.3) is 0 Å². The lowest BCUT2D eigenvalue weighted by atomic mass is 9.79. The van der Waals surface area contributed by atoms with Crippen molar-refractivity contribution in [1.29, 1.82) is 0 Å². The van der Waals surface area contributed by atoms with Gasteiger partial charge in [-0.1, -0.05) is 44.0 Å². The van der Waals surface area contributed by atoms with Gasteiger partial charge in [-0.2, -0.15) is 0 Å². The monoisotopic (exact) mass is 258 g/mol. The first-order valence-corrected chi connectivity index (χ1v) is 7.87. The second-order valence-corrected chi connectivity index (χ2v) is 5.95. The van der Waals surface area contributed by atoms with Crippen molar-refractivity contribution in [3.63, 3.8) is 0 Å². The summed E-state index contributed by atoms with van der Waals surface area (Å²) in [6, 6.07) is 9.23. The second kappa shape index (κ2) is 7.47. The fourth-order valence-electron chi connectivity index (χ4n) is 3.12. The summed E-state index contributed by atoms with van der Waals surface area (Å²) in [5.41, 5.74) is 2.95. The summed E-state index contributed by atoms with van der Waals surface area (Å²) in [6.07, 6.45) is 10.8. The fourth-order valence-corrected chi connectivity index (χ4v) is 3.12. The van der Waals surface area contributed by atoms with Gasteiger partial charge >= 0.3 is 0 Å². The van der Waals surface area contributed by atoms with E-state index in [1.807, 2.05) is 0 Å². The Hall–Kier alpha value is -1.11. The van der Waals surface area contributed by atoms with Crippen LogP contribution in [-0.2, 0) is 11.2 Å². The molecule has 1 aromatic carbocycles. The minimum atomic E-state index is 0.324. The lowest BCUT2D eigenvalue weighted by Crippen LogP contribution is -2.14.